The maximum absolute atomic E-state index is 13.1. The fraction of sp³-hybridized carbons (Fsp3) is 0.462. The maximum atomic E-state index is 13.1. The summed E-state index contributed by atoms with van der Waals surface area (Å²) in [6, 6.07) is 3.89. The Labute approximate surface area is 107 Å². The molecule has 0 aliphatic heterocycles. The molecule has 0 aromatic heterocycles. The molecular formula is C13H19FN2O2. The molecule has 2 N–H and O–H groups in total. The molecule has 0 saturated carbocycles. The van der Waals surface area contributed by atoms with Crippen LogP contribution < -0.4 is 10.5 Å². The zero-order valence-electron chi connectivity index (χ0n) is 10.9. The summed E-state index contributed by atoms with van der Waals surface area (Å²) in [7, 11) is 3.38. The third kappa shape index (κ3) is 4.00. The third-order valence-corrected chi connectivity index (χ3v) is 2.53. The summed E-state index contributed by atoms with van der Waals surface area (Å²) < 4.78 is 18.6. The molecule has 0 saturated heterocycles. The first-order chi connectivity index (χ1) is 8.41. The van der Waals surface area contributed by atoms with E-state index >= 15 is 0 Å². The molecule has 5 heteroatoms. The average Bonchev–Trinajstić information content (AvgIpc) is 2.30. The summed E-state index contributed by atoms with van der Waals surface area (Å²) in [5.74, 6) is 0.163. The number of amides is 1. The summed E-state index contributed by atoms with van der Waals surface area (Å²) in [4.78, 5) is 12.9. The van der Waals surface area contributed by atoms with Gasteiger partial charge in [-0.1, -0.05) is 0 Å². The van der Waals surface area contributed by atoms with E-state index in [2.05, 4.69) is 0 Å². The van der Waals surface area contributed by atoms with Crippen LogP contribution in [-0.2, 0) is 4.79 Å². The number of nitrogens with zero attached hydrogens (tertiary/aromatic N) is 1. The zero-order valence-corrected chi connectivity index (χ0v) is 10.9. The van der Waals surface area contributed by atoms with E-state index in [9.17, 15) is 9.18 Å². The monoisotopic (exact) mass is 254 g/mol. The molecule has 0 bridgehead atoms. The first-order valence-corrected chi connectivity index (χ1v) is 5.79. The molecule has 0 fully saturated rings. The molecule has 18 heavy (non-hydrogen) atoms. The van der Waals surface area contributed by atoms with Gasteiger partial charge in [-0.15, -0.1) is 0 Å². The van der Waals surface area contributed by atoms with E-state index in [1.807, 2.05) is 0 Å². The zero-order chi connectivity index (χ0) is 13.7. The lowest BCUT2D eigenvalue weighted by Gasteiger charge is -2.15. The van der Waals surface area contributed by atoms with Crippen molar-refractivity contribution in [3.63, 3.8) is 0 Å². The number of carbonyl (C=O) groups excluding carboxylic acids is 1. The van der Waals surface area contributed by atoms with Crippen molar-refractivity contribution in [3.8, 4) is 5.75 Å². The van der Waals surface area contributed by atoms with Crippen LogP contribution in [0.25, 0.3) is 0 Å². The van der Waals surface area contributed by atoms with Crippen LogP contribution >= 0.6 is 0 Å². The third-order valence-electron chi connectivity index (χ3n) is 2.53. The van der Waals surface area contributed by atoms with Crippen molar-refractivity contribution in [2.45, 2.75) is 19.4 Å². The lowest BCUT2D eigenvalue weighted by molar-refractivity contribution is -0.129. The molecule has 0 heterocycles. The van der Waals surface area contributed by atoms with Crippen molar-refractivity contribution < 1.29 is 13.9 Å². The molecule has 1 rings (SSSR count). The first-order valence-electron chi connectivity index (χ1n) is 5.79. The Balaban J connectivity index is 2.65. The van der Waals surface area contributed by atoms with Crippen molar-refractivity contribution in [1.82, 2.24) is 4.90 Å². The van der Waals surface area contributed by atoms with Crippen molar-refractivity contribution >= 4 is 5.91 Å². The Morgan fingerprint density at radius 3 is 2.72 bits per heavy atom. The van der Waals surface area contributed by atoms with E-state index < -0.39 is 0 Å². The molecule has 1 amide bonds. The lowest BCUT2D eigenvalue weighted by atomic mass is 10.1. The van der Waals surface area contributed by atoms with Crippen LogP contribution in [0.1, 0.15) is 24.9 Å². The van der Waals surface area contributed by atoms with Crippen LogP contribution in [0.3, 0.4) is 0 Å². The van der Waals surface area contributed by atoms with Gasteiger partial charge in [0.25, 0.3) is 0 Å². The molecular weight excluding hydrogens is 235 g/mol. The van der Waals surface area contributed by atoms with Gasteiger partial charge in [0.2, 0.25) is 5.91 Å². The van der Waals surface area contributed by atoms with Crippen molar-refractivity contribution in [2.24, 2.45) is 5.73 Å². The SMILES string of the molecule is C[C@H](N)c1cc(F)ccc1OCCC(=O)N(C)C. The second kappa shape index (κ2) is 6.35. The summed E-state index contributed by atoms with van der Waals surface area (Å²) in [5, 5.41) is 0. The Morgan fingerprint density at radius 2 is 2.17 bits per heavy atom. The topological polar surface area (TPSA) is 55.6 Å². The Hall–Kier alpha value is -1.62. The summed E-state index contributed by atoms with van der Waals surface area (Å²) in [5.41, 5.74) is 6.35. The minimum Gasteiger partial charge on any atom is -0.493 e. The molecule has 1 aromatic carbocycles. The van der Waals surface area contributed by atoms with Crippen LogP contribution in [-0.4, -0.2) is 31.5 Å². The summed E-state index contributed by atoms with van der Waals surface area (Å²) >= 11 is 0. The lowest BCUT2D eigenvalue weighted by Crippen LogP contribution is -2.23. The predicted molar refractivity (Wildman–Crippen MR) is 67.8 cm³/mol. The van der Waals surface area contributed by atoms with Crippen LogP contribution in [0, 0.1) is 5.82 Å². The molecule has 1 aromatic rings. The quantitative estimate of drug-likeness (QED) is 0.870. The van der Waals surface area contributed by atoms with E-state index in [1.54, 1.807) is 21.0 Å². The van der Waals surface area contributed by atoms with E-state index in [0.29, 0.717) is 11.3 Å². The van der Waals surface area contributed by atoms with Crippen LogP contribution in [0.2, 0.25) is 0 Å². The van der Waals surface area contributed by atoms with E-state index in [0.717, 1.165) is 0 Å². The standard InChI is InChI=1S/C13H19FN2O2/c1-9(15)11-8-10(14)4-5-12(11)18-7-6-13(17)16(2)3/h4-5,8-9H,6-7,15H2,1-3H3/t9-/m0/s1. The highest BCUT2D eigenvalue weighted by atomic mass is 19.1. The first kappa shape index (κ1) is 14.4. The molecule has 0 spiro atoms. The molecule has 0 unspecified atom stereocenters. The van der Waals surface area contributed by atoms with Gasteiger partial charge >= 0.3 is 0 Å². The fourth-order valence-corrected chi connectivity index (χ4v) is 1.48. The van der Waals surface area contributed by atoms with Crippen LogP contribution in [0.4, 0.5) is 4.39 Å². The van der Waals surface area contributed by atoms with Crippen LogP contribution in [0.5, 0.6) is 5.75 Å². The Bertz CT molecular complexity index is 419. The van der Waals surface area contributed by atoms with Gasteiger partial charge in [-0.3, -0.25) is 4.79 Å². The van der Waals surface area contributed by atoms with Gasteiger partial charge in [0.05, 0.1) is 13.0 Å². The highest BCUT2D eigenvalue weighted by molar-refractivity contribution is 5.75. The number of benzene rings is 1. The minimum atomic E-state index is -0.348. The van der Waals surface area contributed by atoms with Crippen LogP contribution in [0.15, 0.2) is 18.2 Å². The van der Waals surface area contributed by atoms with Gasteiger partial charge in [0.1, 0.15) is 11.6 Å². The number of rotatable bonds is 5. The summed E-state index contributed by atoms with van der Waals surface area (Å²) in [6.45, 7) is 2.01. The average molecular weight is 254 g/mol. The molecule has 0 radical (unpaired) electrons. The van der Waals surface area contributed by atoms with Gasteiger partial charge in [-0.2, -0.15) is 0 Å². The number of hydrogen-bond donors (Lipinski definition) is 1. The van der Waals surface area contributed by atoms with Gasteiger partial charge in [0, 0.05) is 25.7 Å². The number of carbonyl (C=O) groups is 1. The van der Waals surface area contributed by atoms with E-state index in [4.69, 9.17) is 10.5 Å². The van der Waals surface area contributed by atoms with Crippen molar-refractivity contribution in [1.29, 1.82) is 0 Å². The summed E-state index contributed by atoms with van der Waals surface area (Å²) in [6.07, 6.45) is 0.281. The largest absolute Gasteiger partial charge is 0.493 e. The van der Waals surface area contributed by atoms with Crippen molar-refractivity contribution in [3.05, 3.63) is 29.6 Å². The second-order valence-corrected chi connectivity index (χ2v) is 4.36. The second-order valence-electron chi connectivity index (χ2n) is 4.36. The Kier molecular flexibility index (Phi) is 5.09. The number of hydrogen-bond acceptors (Lipinski definition) is 3. The smallest absolute Gasteiger partial charge is 0.225 e. The van der Waals surface area contributed by atoms with Gasteiger partial charge in [-0.05, 0) is 25.1 Å². The highest BCUT2D eigenvalue weighted by Gasteiger charge is 2.10. The maximum Gasteiger partial charge on any atom is 0.225 e. The molecule has 100 valence electrons. The molecule has 4 nitrogen and oxygen atoms in total. The van der Waals surface area contributed by atoms with E-state index in [1.165, 1.54) is 23.1 Å². The fourth-order valence-electron chi connectivity index (χ4n) is 1.48. The normalized spacial score (nSPS) is 12.1. The number of ether oxygens (including phenoxy) is 1. The van der Waals surface area contributed by atoms with Gasteiger partial charge in [-0.25, -0.2) is 4.39 Å². The number of halogens is 1. The van der Waals surface area contributed by atoms with Gasteiger partial charge < -0.3 is 15.4 Å². The van der Waals surface area contributed by atoms with E-state index in [-0.39, 0.29) is 30.8 Å². The Morgan fingerprint density at radius 1 is 1.50 bits per heavy atom. The van der Waals surface area contributed by atoms with Gasteiger partial charge in [0.15, 0.2) is 0 Å². The predicted octanol–water partition coefficient (Wildman–Crippen LogP) is 1.70. The molecule has 0 aliphatic rings. The number of nitrogens with two attached hydrogens (primary N) is 1. The molecule has 1 atom stereocenters. The highest BCUT2D eigenvalue weighted by Crippen LogP contribution is 2.24. The van der Waals surface area contributed by atoms with Crippen molar-refractivity contribution in [2.75, 3.05) is 20.7 Å². The molecule has 0 aliphatic carbocycles. The minimum absolute atomic E-state index is 0.0144.